The molecule has 0 aromatic heterocycles. The molecule has 0 aliphatic heterocycles. The lowest BCUT2D eigenvalue weighted by atomic mass is 9.49. The third-order valence-electron chi connectivity index (χ3n) is 5.26. The predicted octanol–water partition coefficient (Wildman–Crippen LogP) is 4.68. The molecule has 1 unspecified atom stereocenters. The van der Waals surface area contributed by atoms with Gasteiger partial charge in [0, 0.05) is 0 Å². The Morgan fingerprint density at radius 3 is 2.18 bits per heavy atom. The van der Waals surface area contributed by atoms with Crippen LogP contribution in [0.5, 0.6) is 0 Å². The summed E-state index contributed by atoms with van der Waals surface area (Å²) in [5.41, 5.74) is -4.73. The van der Waals surface area contributed by atoms with Gasteiger partial charge in [0.05, 0.1) is 12.0 Å². The number of halogens is 3. The smallest absolute Gasteiger partial charge is 0.423 e. The Hall–Kier alpha value is -0.430. The Bertz CT molecular complexity index is 406. The van der Waals surface area contributed by atoms with E-state index in [2.05, 4.69) is 4.72 Å². The quantitative estimate of drug-likeness (QED) is 0.541. The molecule has 0 radical (unpaired) electrons. The zero-order chi connectivity index (χ0) is 16.0. The summed E-state index contributed by atoms with van der Waals surface area (Å²) in [5.74, 6) is 1.72. The van der Waals surface area contributed by atoms with Gasteiger partial charge in [-0.15, -0.1) is 0 Å². The van der Waals surface area contributed by atoms with E-state index in [1.54, 1.807) is 0 Å². The van der Waals surface area contributed by atoms with Crippen molar-refractivity contribution in [2.45, 2.75) is 57.0 Å². The van der Waals surface area contributed by atoms with Crippen molar-refractivity contribution < 1.29 is 22.7 Å². The van der Waals surface area contributed by atoms with Gasteiger partial charge >= 0.3 is 11.5 Å². The van der Waals surface area contributed by atoms with Crippen LogP contribution in [0.3, 0.4) is 0 Å². The average molecular weight is 336 g/mol. The highest BCUT2D eigenvalue weighted by Gasteiger charge is 2.55. The van der Waals surface area contributed by atoms with E-state index in [1.165, 1.54) is 26.2 Å². The summed E-state index contributed by atoms with van der Waals surface area (Å²) in [6.07, 6.45) is 6.42. The molecule has 0 amide bonds. The number of nitrogens with zero attached hydrogens (tertiary/aromatic N) is 1. The van der Waals surface area contributed by atoms with Crippen molar-refractivity contribution in [1.82, 2.24) is 0 Å². The van der Waals surface area contributed by atoms with Crippen LogP contribution < -0.4 is 0 Å². The summed E-state index contributed by atoms with van der Waals surface area (Å²) in [5, 5.41) is 0. The molecule has 4 saturated carbocycles. The standard InChI is InChI=1S/C15H21F3NO2S/c1-9(19-22-15(16,17)18)8-21-13(20)14-5-10-2-11(6-14)4-12(3-10)7-14/h9-12H,2-8H2,1H3/q-1. The van der Waals surface area contributed by atoms with Crippen molar-refractivity contribution >= 4 is 17.9 Å². The number of hydrogen-bond acceptors (Lipinski definition) is 3. The molecule has 0 saturated heterocycles. The Morgan fingerprint density at radius 1 is 1.23 bits per heavy atom. The Balaban J connectivity index is 1.50. The maximum absolute atomic E-state index is 12.5. The Morgan fingerprint density at radius 2 is 1.73 bits per heavy atom. The molecule has 4 fully saturated rings. The van der Waals surface area contributed by atoms with Gasteiger partial charge in [0.25, 0.3) is 0 Å². The Labute approximate surface area is 132 Å². The van der Waals surface area contributed by atoms with E-state index in [0.29, 0.717) is 17.8 Å². The molecule has 0 heterocycles. The third-order valence-corrected chi connectivity index (χ3v) is 5.94. The van der Waals surface area contributed by atoms with Gasteiger partial charge in [0.1, 0.15) is 0 Å². The Kier molecular flexibility index (Phi) is 4.40. The zero-order valence-electron chi connectivity index (χ0n) is 12.6. The molecule has 7 heteroatoms. The summed E-state index contributed by atoms with van der Waals surface area (Å²) in [6.45, 7) is 1.47. The van der Waals surface area contributed by atoms with E-state index in [-0.39, 0.29) is 18.0 Å². The number of carbonyl (C=O) groups excluding carboxylic acids is 1. The highest BCUT2D eigenvalue weighted by molar-refractivity contribution is 8.02. The van der Waals surface area contributed by atoms with Crippen molar-refractivity contribution in [3.63, 3.8) is 0 Å². The van der Waals surface area contributed by atoms with E-state index < -0.39 is 23.5 Å². The lowest BCUT2D eigenvalue weighted by Gasteiger charge is -2.55. The molecule has 0 aromatic carbocycles. The van der Waals surface area contributed by atoms with Crippen molar-refractivity contribution in [2.75, 3.05) is 6.61 Å². The molecule has 4 rings (SSSR count). The molecule has 4 bridgehead atoms. The number of alkyl halides is 3. The lowest BCUT2D eigenvalue weighted by molar-refractivity contribution is -0.171. The number of carbonyl (C=O) groups is 1. The first-order chi connectivity index (χ1) is 10.3. The fraction of sp³-hybridized carbons (Fsp3) is 0.933. The topological polar surface area (TPSA) is 40.4 Å². The highest BCUT2D eigenvalue weighted by Crippen LogP contribution is 2.60. The minimum atomic E-state index is -4.38. The highest BCUT2D eigenvalue weighted by atomic mass is 32.2. The molecule has 22 heavy (non-hydrogen) atoms. The van der Waals surface area contributed by atoms with Crippen molar-refractivity contribution in [3.8, 4) is 0 Å². The second-order valence-electron chi connectivity index (χ2n) is 7.29. The van der Waals surface area contributed by atoms with Crippen LogP contribution in [0.25, 0.3) is 4.72 Å². The minimum Gasteiger partial charge on any atom is -0.594 e. The van der Waals surface area contributed by atoms with Crippen molar-refractivity contribution in [3.05, 3.63) is 4.72 Å². The lowest BCUT2D eigenvalue weighted by Crippen LogP contribution is -2.50. The van der Waals surface area contributed by atoms with Crippen LogP contribution in [0.2, 0.25) is 0 Å². The fourth-order valence-corrected chi connectivity index (χ4v) is 5.25. The first kappa shape index (κ1) is 16.4. The first-order valence-corrected chi connectivity index (χ1v) is 8.65. The fourth-order valence-electron chi connectivity index (χ4n) is 4.89. The average Bonchev–Trinajstić information content (AvgIpc) is 2.40. The summed E-state index contributed by atoms with van der Waals surface area (Å²) < 4.78 is 45.0. The summed E-state index contributed by atoms with van der Waals surface area (Å²) in [4.78, 5) is 12.5. The van der Waals surface area contributed by atoms with E-state index in [4.69, 9.17) is 4.74 Å². The second kappa shape index (κ2) is 5.89. The number of hydrogen-bond donors (Lipinski definition) is 0. The largest absolute Gasteiger partial charge is 0.594 e. The molecule has 3 nitrogen and oxygen atoms in total. The van der Waals surface area contributed by atoms with Gasteiger partial charge < -0.3 is 9.46 Å². The van der Waals surface area contributed by atoms with Crippen LogP contribution >= 0.6 is 11.9 Å². The second-order valence-corrected chi connectivity index (χ2v) is 8.14. The van der Waals surface area contributed by atoms with Crippen LogP contribution in [0, 0.1) is 23.2 Å². The monoisotopic (exact) mass is 336 g/mol. The van der Waals surface area contributed by atoms with Crippen molar-refractivity contribution in [2.24, 2.45) is 23.2 Å². The first-order valence-electron chi connectivity index (χ1n) is 7.88. The van der Waals surface area contributed by atoms with Gasteiger partial charge in [-0.1, -0.05) is 13.0 Å². The molecule has 4 aliphatic carbocycles. The summed E-state index contributed by atoms with van der Waals surface area (Å²) in [6, 6.07) is -0.649. The van der Waals surface area contributed by atoms with E-state index >= 15 is 0 Å². The van der Waals surface area contributed by atoms with Gasteiger partial charge in [0.15, 0.2) is 0 Å². The molecular weight excluding hydrogens is 315 g/mol. The number of esters is 1. The van der Waals surface area contributed by atoms with Crippen LogP contribution in [-0.4, -0.2) is 24.1 Å². The zero-order valence-corrected chi connectivity index (χ0v) is 13.4. The number of rotatable bonds is 5. The maximum atomic E-state index is 12.5. The molecule has 4 aliphatic rings. The van der Waals surface area contributed by atoms with E-state index in [1.807, 2.05) is 0 Å². The van der Waals surface area contributed by atoms with Crippen LogP contribution in [0.1, 0.15) is 45.4 Å². The van der Waals surface area contributed by atoms with Gasteiger partial charge in [-0.3, -0.25) is 4.79 Å². The molecule has 0 N–H and O–H groups in total. The van der Waals surface area contributed by atoms with Crippen LogP contribution in [-0.2, 0) is 9.53 Å². The van der Waals surface area contributed by atoms with Crippen LogP contribution in [0.15, 0.2) is 0 Å². The molecule has 126 valence electrons. The predicted molar refractivity (Wildman–Crippen MR) is 78.0 cm³/mol. The van der Waals surface area contributed by atoms with Crippen LogP contribution in [0.4, 0.5) is 13.2 Å². The van der Waals surface area contributed by atoms with Crippen molar-refractivity contribution in [1.29, 1.82) is 0 Å². The molecular formula is C15H21F3NO2S-. The summed E-state index contributed by atoms with van der Waals surface area (Å²) >= 11 is -0.414. The normalized spacial score (nSPS) is 38.1. The van der Waals surface area contributed by atoms with Gasteiger partial charge in [-0.05, 0) is 56.3 Å². The van der Waals surface area contributed by atoms with Gasteiger partial charge in [-0.25, -0.2) is 0 Å². The van der Waals surface area contributed by atoms with E-state index in [9.17, 15) is 18.0 Å². The van der Waals surface area contributed by atoms with E-state index in [0.717, 1.165) is 19.3 Å². The molecule has 0 aromatic rings. The number of ether oxygens (including phenoxy) is 1. The maximum Gasteiger partial charge on any atom is 0.423 e. The summed E-state index contributed by atoms with van der Waals surface area (Å²) in [7, 11) is 0. The van der Waals surface area contributed by atoms with Gasteiger partial charge in [-0.2, -0.15) is 25.1 Å². The van der Waals surface area contributed by atoms with Gasteiger partial charge in [0.2, 0.25) is 0 Å². The minimum absolute atomic E-state index is 0.0658. The molecule has 0 spiro atoms. The third kappa shape index (κ3) is 3.55. The molecule has 1 atom stereocenters. The SMILES string of the molecule is CC(COC(=O)C12CC3CC(CC(C3)C1)C2)[N-]SC(F)(F)F.